The number of hydrogen-bond donors (Lipinski definition) is 0. The normalized spacial score (nSPS) is 20.5. The molecule has 2 fully saturated rings. The van der Waals surface area contributed by atoms with Crippen molar-refractivity contribution < 1.29 is 13.2 Å². The fraction of sp³-hybridized carbons (Fsp3) is 0.458. The number of carbonyl (C=O) groups excluding carboxylic acids is 1. The van der Waals surface area contributed by atoms with Crippen LogP contribution in [0.25, 0.3) is 5.65 Å². The molecule has 4 heterocycles. The second-order valence-electron chi connectivity index (χ2n) is 9.12. The van der Waals surface area contributed by atoms with Gasteiger partial charge >= 0.3 is 0 Å². The average molecular weight is 468 g/mol. The minimum Gasteiger partial charge on any atom is -0.332 e. The van der Waals surface area contributed by atoms with E-state index in [4.69, 9.17) is 0 Å². The molecular weight excluding hydrogens is 438 g/mol. The average Bonchev–Trinajstić information content (AvgIpc) is 3.45. The van der Waals surface area contributed by atoms with E-state index in [0.29, 0.717) is 37.4 Å². The van der Waals surface area contributed by atoms with Gasteiger partial charge in [-0.3, -0.25) is 9.20 Å². The van der Waals surface area contributed by atoms with Crippen molar-refractivity contribution >= 4 is 21.6 Å². The second-order valence-corrected chi connectivity index (χ2v) is 11.0. The first-order chi connectivity index (χ1) is 15.9. The van der Waals surface area contributed by atoms with Crippen molar-refractivity contribution in [3.05, 3.63) is 59.5 Å². The van der Waals surface area contributed by atoms with Crippen LogP contribution in [0.5, 0.6) is 0 Å². The van der Waals surface area contributed by atoms with E-state index in [2.05, 4.69) is 10.2 Å². The summed E-state index contributed by atoms with van der Waals surface area (Å²) >= 11 is 0. The number of amides is 1. The van der Waals surface area contributed by atoms with Gasteiger partial charge in [0.25, 0.3) is 0 Å². The maximum atomic E-state index is 13.5. The van der Waals surface area contributed by atoms with Gasteiger partial charge in [-0.15, -0.1) is 10.2 Å². The Morgan fingerprint density at radius 3 is 2.55 bits per heavy atom. The van der Waals surface area contributed by atoms with Gasteiger partial charge in [-0.1, -0.05) is 23.8 Å². The van der Waals surface area contributed by atoms with Gasteiger partial charge in [-0.2, -0.15) is 4.31 Å². The van der Waals surface area contributed by atoms with Crippen molar-refractivity contribution in [1.29, 1.82) is 0 Å². The summed E-state index contributed by atoms with van der Waals surface area (Å²) in [7, 11) is -3.56. The number of carbonyl (C=O) groups is 1. The van der Waals surface area contributed by atoms with E-state index in [1.54, 1.807) is 6.07 Å². The molecule has 2 saturated heterocycles. The summed E-state index contributed by atoms with van der Waals surface area (Å²) in [5.74, 6) is 0.732. The Morgan fingerprint density at radius 2 is 1.79 bits per heavy atom. The van der Waals surface area contributed by atoms with Gasteiger partial charge in [0.2, 0.25) is 15.9 Å². The van der Waals surface area contributed by atoms with Gasteiger partial charge in [-0.25, -0.2) is 8.42 Å². The first-order valence-electron chi connectivity index (χ1n) is 11.5. The summed E-state index contributed by atoms with van der Waals surface area (Å²) < 4.78 is 29.9. The van der Waals surface area contributed by atoms with Gasteiger partial charge in [0.05, 0.1) is 10.9 Å². The lowest BCUT2D eigenvalue weighted by Gasteiger charge is -2.34. The molecule has 0 spiro atoms. The van der Waals surface area contributed by atoms with Gasteiger partial charge in [0, 0.05) is 31.7 Å². The maximum absolute atomic E-state index is 13.5. The van der Waals surface area contributed by atoms with Crippen LogP contribution in [0.15, 0.2) is 47.5 Å². The molecule has 0 radical (unpaired) electrons. The van der Waals surface area contributed by atoms with E-state index in [9.17, 15) is 13.2 Å². The van der Waals surface area contributed by atoms with E-state index in [-0.39, 0.29) is 17.9 Å². The smallest absolute Gasteiger partial charge is 0.243 e. The third kappa shape index (κ3) is 3.93. The fourth-order valence-electron chi connectivity index (χ4n) is 5.19. The molecule has 33 heavy (non-hydrogen) atoms. The Bertz CT molecular complexity index is 1290. The topological polar surface area (TPSA) is 87.9 Å². The minimum absolute atomic E-state index is 0.0909. The molecule has 8 nitrogen and oxygen atoms in total. The third-order valence-electron chi connectivity index (χ3n) is 6.93. The highest BCUT2D eigenvalue weighted by Gasteiger charge is 2.39. The lowest BCUT2D eigenvalue weighted by Crippen LogP contribution is -2.44. The third-order valence-corrected chi connectivity index (χ3v) is 8.98. The number of nitrogens with zero attached hydrogens (tertiary/aromatic N) is 5. The molecule has 1 amide bonds. The highest BCUT2D eigenvalue weighted by atomic mass is 32.2. The van der Waals surface area contributed by atoms with E-state index in [1.807, 2.05) is 59.7 Å². The Labute approximate surface area is 194 Å². The van der Waals surface area contributed by atoms with Crippen LogP contribution < -0.4 is 0 Å². The monoisotopic (exact) mass is 467 g/mol. The molecular formula is C24H29N5O3S. The molecule has 9 heteroatoms. The van der Waals surface area contributed by atoms with Gasteiger partial charge in [-0.05, 0) is 63.3 Å². The number of piperidine rings is 1. The van der Waals surface area contributed by atoms with Crippen molar-refractivity contribution in [2.45, 2.75) is 50.5 Å². The Hall–Kier alpha value is -2.78. The van der Waals surface area contributed by atoms with Crippen LogP contribution in [0, 0.1) is 19.8 Å². The molecule has 0 unspecified atom stereocenters. The number of pyridine rings is 1. The largest absolute Gasteiger partial charge is 0.332 e. The molecule has 3 aromatic rings. The Balaban J connectivity index is 1.29. The summed E-state index contributed by atoms with van der Waals surface area (Å²) in [4.78, 5) is 15.8. The molecule has 174 valence electrons. The van der Waals surface area contributed by atoms with Crippen LogP contribution in [0.2, 0.25) is 0 Å². The summed E-state index contributed by atoms with van der Waals surface area (Å²) in [6.45, 7) is 5.20. The van der Waals surface area contributed by atoms with Gasteiger partial charge in [0.1, 0.15) is 0 Å². The minimum atomic E-state index is -3.56. The molecule has 0 saturated carbocycles. The maximum Gasteiger partial charge on any atom is 0.243 e. The zero-order valence-corrected chi connectivity index (χ0v) is 19.8. The molecule has 1 atom stereocenters. The van der Waals surface area contributed by atoms with Crippen molar-refractivity contribution in [2.24, 2.45) is 5.92 Å². The number of fused-ring (bicyclic) bond motifs is 1. The first-order valence-corrected chi connectivity index (χ1v) is 13.0. The quantitative estimate of drug-likeness (QED) is 0.588. The number of rotatable bonds is 4. The van der Waals surface area contributed by atoms with Crippen molar-refractivity contribution in [3.8, 4) is 0 Å². The van der Waals surface area contributed by atoms with E-state index < -0.39 is 10.0 Å². The highest BCUT2D eigenvalue weighted by Crippen LogP contribution is 2.35. The number of benzene rings is 1. The van der Waals surface area contributed by atoms with Crippen molar-refractivity contribution in [1.82, 2.24) is 23.8 Å². The van der Waals surface area contributed by atoms with Crippen LogP contribution >= 0.6 is 0 Å². The predicted molar refractivity (Wildman–Crippen MR) is 124 cm³/mol. The van der Waals surface area contributed by atoms with Crippen molar-refractivity contribution in [2.75, 3.05) is 19.6 Å². The summed E-state index contributed by atoms with van der Waals surface area (Å²) in [5.41, 5.74) is 2.57. The van der Waals surface area contributed by atoms with Crippen LogP contribution in [0.4, 0.5) is 0 Å². The lowest BCUT2D eigenvalue weighted by atomic mass is 9.96. The Kier molecular flexibility index (Phi) is 5.70. The highest BCUT2D eigenvalue weighted by molar-refractivity contribution is 7.89. The molecule has 0 bridgehead atoms. The van der Waals surface area contributed by atoms with Crippen LogP contribution in [0.1, 0.15) is 48.7 Å². The fourth-order valence-corrected chi connectivity index (χ4v) is 6.87. The summed E-state index contributed by atoms with van der Waals surface area (Å²) in [6, 6.07) is 11.1. The molecule has 2 aromatic heterocycles. The van der Waals surface area contributed by atoms with E-state index in [1.165, 1.54) is 4.31 Å². The number of aryl methyl sites for hydroxylation is 2. The molecule has 2 aliphatic rings. The molecule has 0 N–H and O–H groups in total. The predicted octanol–water partition coefficient (Wildman–Crippen LogP) is 3.11. The van der Waals surface area contributed by atoms with Gasteiger partial charge in [0.15, 0.2) is 11.5 Å². The number of hydrogen-bond acceptors (Lipinski definition) is 5. The van der Waals surface area contributed by atoms with E-state index >= 15 is 0 Å². The zero-order chi connectivity index (χ0) is 23.2. The van der Waals surface area contributed by atoms with Gasteiger partial charge < -0.3 is 4.90 Å². The summed E-state index contributed by atoms with van der Waals surface area (Å²) in [6.07, 6.45) is 4.79. The Morgan fingerprint density at radius 1 is 1.00 bits per heavy atom. The number of aromatic nitrogens is 3. The van der Waals surface area contributed by atoms with Crippen LogP contribution in [-0.4, -0.2) is 57.8 Å². The number of likely N-dealkylation sites (tertiary alicyclic amines) is 1. The zero-order valence-electron chi connectivity index (χ0n) is 19.0. The van der Waals surface area contributed by atoms with Crippen molar-refractivity contribution in [3.63, 3.8) is 0 Å². The molecule has 5 rings (SSSR count). The molecule has 2 aliphatic heterocycles. The second kappa shape index (κ2) is 8.53. The van der Waals surface area contributed by atoms with Crippen LogP contribution in [0.3, 0.4) is 0 Å². The van der Waals surface area contributed by atoms with E-state index in [0.717, 1.165) is 35.4 Å². The number of sulfonamides is 1. The molecule has 1 aromatic carbocycles. The molecule has 0 aliphatic carbocycles. The standard InChI is InChI=1S/C24H29N5O3S/c1-17-8-9-21(18(2)16-17)33(31,32)27-14-10-19(11-15-27)24(30)28-13-5-6-20(28)23-26-25-22-7-3-4-12-29(22)23/h3-4,7-9,12,16,19-20H,5-6,10-11,13-15H2,1-2H3/t20-/m1/s1. The lowest BCUT2D eigenvalue weighted by molar-refractivity contribution is -0.137. The SMILES string of the molecule is Cc1ccc(S(=O)(=O)N2CCC(C(=O)N3CCC[C@@H]3c3nnc4ccccn34)CC2)c(C)c1. The van der Waals surface area contributed by atoms with Crippen LogP contribution in [-0.2, 0) is 14.8 Å². The summed E-state index contributed by atoms with van der Waals surface area (Å²) in [5, 5.41) is 8.63. The first kappa shape index (κ1) is 22.0.